The van der Waals surface area contributed by atoms with Crippen LogP contribution in [0.4, 0.5) is 9.59 Å². The molecule has 88 valence electrons. The summed E-state index contributed by atoms with van der Waals surface area (Å²) in [7, 11) is 0. The van der Waals surface area contributed by atoms with Crippen LogP contribution in [0.25, 0.3) is 0 Å². The van der Waals surface area contributed by atoms with Gasteiger partial charge in [-0.25, -0.2) is 14.9 Å². The van der Waals surface area contributed by atoms with Crippen LogP contribution < -0.4 is 5.32 Å². The highest BCUT2D eigenvalue weighted by molar-refractivity contribution is 5.87. The number of carbonyl (C=O) groups is 2. The normalized spacial score (nSPS) is 11.9. The molecule has 0 aromatic carbocycles. The Bertz CT molecular complexity index is 221. The second-order valence-corrected chi connectivity index (χ2v) is 5.13. The number of hydrogen-bond acceptors (Lipinski definition) is 4. The van der Waals surface area contributed by atoms with Crippen LogP contribution in [0, 0.1) is 0 Å². The maximum absolute atomic E-state index is 11.1. The summed E-state index contributed by atoms with van der Waals surface area (Å²) in [4.78, 5) is 22.2. The summed E-state index contributed by atoms with van der Waals surface area (Å²) in [5, 5.41) is 1.97. The zero-order valence-corrected chi connectivity index (χ0v) is 10.1. The standard InChI is InChI=1S/C10H19NO4/c1-9(2,3)14-7(12)11-8(13)15-10(4,5)6/h1-6H3,(H,11,12,13)/i11+1. The molecule has 0 saturated heterocycles. The first-order valence-corrected chi connectivity index (χ1v) is 4.72. The minimum absolute atomic E-state index is 0.633. The molecule has 0 atom stereocenters. The van der Waals surface area contributed by atoms with Gasteiger partial charge in [0.05, 0.1) is 0 Å². The van der Waals surface area contributed by atoms with Crippen molar-refractivity contribution < 1.29 is 19.1 Å². The number of hydrogen-bond donors (Lipinski definition) is 1. The Morgan fingerprint density at radius 1 is 0.800 bits per heavy atom. The average Bonchev–Trinajstić information content (AvgIpc) is 1.73. The molecule has 0 bridgehead atoms. The van der Waals surface area contributed by atoms with Gasteiger partial charge in [0.25, 0.3) is 0 Å². The third-order valence-electron chi connectivity index (χ3n) is 1.00. The molecule has 0 aliphatic heterocycles. The van der Waals surface area contributed by atoms with Crippen LogP contribution in [0.1, 0.15) is 41.5 Å². The molecule has 0 heterocycles. The van der Waals surface area contributed by atoms with E-state index in [1.807, 2.05) is 5.32 Å². The van der Waals surface area contributed by atoms with Gasteiger partial charge in [0, 0.05) is 0 Å². The lowest BCUT2D eigenvalue weighted by atomic mass is 10.2. The first-order valence-electron chi connectivity index (χ1n) is 4.72. The van der Waals surface area contributed by atoms with Crippen molar-refractivity contribution in [3.05, 3.63) is 0 Å². The van der Waals surface area contributed by atoms with Crippen LogP contribution in [-0.2, 0) is 9.47 Å². The summed E-state index contributed by atoms with van der Waals surface area (Å²) in [6.45, 7) is 10.3. The second kappa shape index (κ2) is 4.51. The Balaban J connectivity index is 4.04. The van der Waals surface area contributed by atoms with Crippen molar-refractivity contribution in [2.45, 2.75) is 52.7 Å². The highest BCUT2D eigenvalue weighted by Crippen LogP contribution is 2.08. The summed E-state index contributed by atoms with van der Waals surface area (Å²) in [6.07, 6.45) is -1.62. The lowest BCUT2D eigenvalue weighted by Gasteiger charge is -2.21. The van der Waals surface area contributed by atoms with Crippen LogP contribution in [0.3, 0.4) is 0 Å². The van der Waals surface area contributed by atoms with Gasteiger partial charge in [-0.1, -0.05) is 0 Å². The van der Waals surface area contributed by atoms with E-state index in [9.17, 15) is 9.59 Å². The van der Waals surface area contributed by atoms with Crippen molar-refractivity contribution in [1.29, 1.82) is 0 Å². The third kappa shape index (κ3) is 9.05. The Kier molecular flexibility index (Phi) is 4.13. The molecule has 0 rings (SSSR count). The first kappa shape index (κ1) is 13.7. The lowest BCUT2D eigenvalue weighted by Crippen LogP contribution is -2.39. The molecule has 0 radical (unpaired) electrons. The number of amides is 2. The topological polar surface area (TPSA) is 64.6 Å². The van der Waals surface area contributed by atoms with Crippen LogP contribution in [0.5, 0.6) is 0 Å². The molecular formula is C10H19NO4. The van der Waals surface area contributed by atoms with E-state index >= 15 is 0 Å². The molecule has 0 spiro atoms. The van der Waals surface area contributed by atoms with E-state index in [4.69, 9.17) is 9.47 Å². The van der Waals surface area contributed by atoms with Gasteiger partial charge in [0.1, 0.15) is 11.2 Å². The van der Waals surface area contributed by atoms with Crippen molar-refractivity contribution in [3.8, 4) is 0 Å². The van der Waals surface area contributed by atoms with Crippen molar-refractivity contribution in [3.63, 3.8) is 0 Å². The average molecular weight is 218 g/mol. The Hall–Kier alpha value is -1.26. The van der Waals surface area contributed by atoms with Gasteiger partial charge in [0.2, 0.25) is 0 Å². The van der Waals surface area contributed by atoms with Crippen molar-refractivity contribution >= 4 is 12.2 Å². The Morgan fingerprint density at radius 2 is 1.07 bits per heavy atom. The van der Waals surface area contributed by atoms with Gasteiger partial charge < -0.3 is 9.47 Å². The smallest absolute Gasteiger partial charge is 0.417 e. The number of nitrogens with one attached hydrogen (secondary N) is 1. The van der Waals surface area contributed by atoms with Crippen molar-refractivity contribution in [2.24, 2.45) is 0 Å². The SMILES string of the molecule is CC(C)(C)OC(=O)[15NH]C(=O)OC(C)(C)C. The van der Waals surface area contributed by atoms with E-state index in [2.05, 4.69) is 0 Å². The van der Waals surface area contributed by atoms with E-state index < -0.39 is 23.4 Å². The van der Waals surface area contributed by atoms with E-state index in [0.29, 0.717) is 0 Å². The van der Waals surface area contributed by atoms with E-state index in [-0.39, 0.29) is 0 Å². The fourth-order valence-electron chi connectivity index (χ4n) is 0.691. The molecule has 0 aromatic rings. The minimum Gasteiger partial charge on any atom is -0.443 e. The molecule has 1 N–H and O–H groups in total. The summed E-state index contributed by atoms with van der Waals surface area (Å²) >= 11 is 0. The van der Waals surface area contributed by atoms with E-state index in [1.165, 1.54) is 0 Å². The number of carbonyl (C=O) groups excluding carboxylic acids is 2. The Labute approximate surface area is 90.1 Å². The maximum atomic E-state index is 11.1. The largest absolute Gasteiger partial charge is 0.443 e. The van der Waals surface area contributed by atoms with Crippen molar-refractivity contribution in [2.75, 3.05) is 0 Å². The molecular weight excluding hydrogens is 199 g/mol. The zero-order valence-electron chi connectivity index (χ0n) is 10.1. The zero-order chi connectivity index (χ0) is 12.3. The monoisotopic (exact) mass is 218 g/mol. The second-order valence-electron chi connectivity index (χ2n) is 5.13. The van der Waals surface area contributed by atoms with Gasteiger partial charge in [0.15, 0.2) is 0 Å². The molecule has 5 nitrogen and oxygen atoms in total. The van der Waals surface area contributed by atoms with Gasteiger partial charge >= 0.3 is 12.2 Å². The number of rotatable bonds is 0. The van der Waals surface area contributed by atoms with Gasteiger partial charge in [-0.3, -0.25) is 0 Å². The van der Waals surface area contributed by atoms with Crippen LogP contribution in [0.15, 0.2) is 0 Å². The molecule has 0 aliphatic rings. The van der Waals surface area contributed by atoms with Gasteiger partial charge in [-0.05, 0) is 41.5 Å². The summed E-state index contributed by atoms with van der Waals surface area (Å²) in [6, 6.07) is 0. The highest BCUT2D eigenvalue weighted by Gasteiger charge is 2.21. The molecule has 2 amide bonds. The third-order valence-corrected chi connectivity index (χ3v) is 1.00. The quantitative estimate of drug-likeness (QED) is 0.634. The molecule has 5 heteroatoms. The minimum atomic E-state index is -0.809. The molecule has 0 saturated carbocycles. The fourth-order valence-corrected chi connectivity index (χ4v) is 0.691. The number of ether oxygens (including phenoxy) is 2. The van der Waals surface area contributed by atoms with Crippen molar-refractivity contribution in [1.82, 2.24) is 5.32 Å². The highest BCUT2D eigenvalue weighted by atomic mass is 16.6. The summed E-state index contributed by atoms with van der Waals surface area (Å²) in [5.41, 5.74) is -1.27. The number of imide groups is 1. The summed E-state index contributed by atoms with van der Waals surface area (Å²) < 4.78 is 9.74. The van der Waals surface area contributed by atoms with E-state index in [1.54, 1.807) is 41.5 Å². The predicted octanol–water partition coefficient (Wildman–Crippen LogP) is 2.45. The number of alkyl carbamates (subject to hydrolysis) is 2. The lowest BCUT2D eigenvalue weighted by molar-refractivity contribution is 0.0353. The molecule has 0 fully saturated rings. The molecule has 0 aromatic heterocycles. The molecule has 0 unspecified atom stereocenters. The molecule has 0 aliphatic carbocycles. The van der Waals surface area contributed by atoms with Gasteiger partial charge in [-0.15, -0.1) is 0 Å². The van der Waals surface area contributed by atoms with E-state index in [0.717, 1.165) is 0 Å². The van der Waals surface area contributed by atoms with Crippen LogP contribution in [-0.4, -0.2) is 23.4 Å². The fraction of sp³-hybridized carbons (Fsp3) is 0.800. The molecule has 15 heavy (non-hydrogen) atoms. The van der Waals surface area contributed by atoms with Crippen LogP contribution >= 0.6 is 0 Å². The Morgan fingerprint density at radius 3 is 1.27 bits per heavy atom. The maximum Gasteiger partial charge on any atom is 0.417 e. The van der Waals surface area contributed by atoms with Gasteiger partial charge in [-0.2, -0.15) is 0 Å². The predicted molar refractivity (Wildman–Crippen MR) is 55.6 cm³/mol. The van der Waals surface area contributed by atoms with Crippen LogP contribution in [0.2, 0.25) is 0 Å². The summed E-state index contributed by atoms with van der Waals surface area (Å²) in [5.74, 6) is 0. The first-order chi connectivity index (χ1) is 6.49.